The van der Waals surface area contributed by atoms with Crippen LogP contribution < -0.4 is 5.73 Å². The normalized spacial score (nSPS) is 10.9. The van der Waals surface area contributed by atoms with Crippen LogP contribution in [0.3, 0.4) is 0 Å². The summed E-state index contributed by atoms with van der Waals surface area (Å²) in [6.45, 7) is 0. The van der Waals surface area contributed by atoms with E-state index in [0.717, 1.165) is 17.3 Å². The van der Waals surface area contributed by atoms with Gasteiger partial charge < -0.3 is 5.73 Å². The molecule has 0 fully saturated rings. The van der Waals surface area contributed by atoms with Crippen LogP contribution >= 0.6 is 27.5 Å². The van der Waals surface area contributed by atoms with Crippen molar-refractivity contribution in [3.05, 3.63) is 29.1 Å². The maximum Gasteiger partial charge on any atom is 0.131 e. The van der Waals surface area contributed by atoms with Crippen LogP contribution in [-0.4, -0.2) is 10.3 Å². The molecule has 0 saturated heterocycles. The Morgan fingerprint density at radius 2 is 2.38 bits per heavy atom. The molecule has 1 heterocycles. The van der Waals surface area contributed by atoms with Gasteiger partial charge >= 0.3 is 0 Å². The molecule has 0 atom stereocenters. The second kappa shape index (κ2) is 5.25. The molecule has 2 nitrogen and oxygen atoms in total. The minimum atomic E-state index is 0.426. The molecule has 0 saturated carbocycles. The van der Waals surface area contributed by atoms with Crippen molar-refractivity contribution in [2.75, 3.05) is 11.1 Å². The third-order valence-electron chi connectivity index (χ3n) is 1.51. The lowest BCUT2D eigenvalue weighted by Gasteiger charge is -1.98. The summed E-state index contributed by atoms with van der Waals surface area (Å²) in [6, 6.07) is 1.65. The van der Waals surface area contributed by atoms with Gasteiger partial charge in [0.05, 0.1) is 0 Å². The third-order valence-corrected chi connectivity index (χ3v) is 2.17. The molecule has 1 aromatic rings. The average Bonchev–Trinajstić information content (AvgIpc) is 2.09. The van der Waals surface area contributed by atoms with Gasteiger partial charge in [-0.15, -0.1) is 0 Å². The van der Waals surface area contributed by atoms with Gasteiger partial charge in [0.1, 0.15) is 5.15 Å². The zero-order valence-corrected chi connectivity index (χ0v) is 9.35. The highest BCUT2D eigenvalue weighted by atomic mass is 79.9. The standard InChI is InChI=1S/C9H10BrClN2/c10-4-2-1-3-7-6-13-9(11)5-8(7)12/h1,3,5-6H,2,4H2,(H2,12,13). The molecule has 2 N–H and O–H groups in total. The average molecular weight is 262 g/mol. The number of pyridine rings is 1. The van der Waals surface area contributed by atoms with Gasteiger partial charge in [0.15, 0.2) is 0 Å². The largest absolute Gasteiger partial charge is 0.398 e. The first kappa shape index (κ1) is 10.5. The van der Waals surface area contributed by atoms with E-state index in [2.05, 4.69) is 20.9 Å². The predicted molar refractivity (Wildman–Crippen MR) is 61.1 cm³/mol. The van der Waals surface area contributed by atoms with E-state index in [4.69, 9.17) is 17.3 Å². The highest BCUT2D eigenvalue weighted by molar-refractivity contribution is 9.09. The molecular formula is C9H10BrClN2. The van der Waals surface area contributed by atoms with Gasteiger partial charge in [-0.2, -0.15) is 0 Å². The number of rotatable bonds is 3. The number of hydrogen-bond acceptors (Lipinski definition) is 2. The number of nitrogen functional groups attached to an aromatic ring is 1. The van der Waals surface area contributed by atoms with Gasteiger partial charge in [0.25, 0.3) is 0 Å². The summed E-state index contributed by atoms with van der Waals surface area (Å²) in [7, 11) is 0. The summed E-state index contributed by atoms with van der Waals surface area (Å²) >= 11 is 8.99. The van der Waals surface area contributed by atoms with E-state index >= 15 is 0 Å². The second-order valence-corrected chi connectivity index (χ2v) is 3.70. The molecule has 13 heavy (non-hydrogen) atoms. The van der Waals surface area contributed by atoms with E-state index in [-0.39, 0.29) is 0 Å². The summed E-state index contributed by atoms with van der Waals surface area (Å²) in [6.07, 6.45) is 6.63. The van der Waals surface area contributed by atoms with Gasteiger partial charge in [-0.05, 0) is 12.5 Å². The number of nitrogens with zero attached hydrogens (tertiary/aromatic N) is 1. The number of hydrogen-bond donors (Lipinski definition) is 1. The van der Waals surface area contributed by atoms with E-state index < -0.39 is 0 Å². The summed E-state index contributed by atoms with van der Waals surface area (Å²) in [5.41, 5.74) is 7.28. The molecule has 0 aromatic carbocycles. The third kappa shape index (κ3) is 3.36. The molecule has 0 amide bonds. The Bertz CT molecular complexity index is 312. The van der Waals surface area contributed by atoms with E-state index in [9.17, 15) is 0 Å². The van der Waals surface area contributed by atoms with Gasteiger partial charge in [0, 0.05) is 22.8 Å². The van der Waals surface area contributed by atoms with Crippen molar-refractivity contribution in [1.82, 2.24) is 4.98 Å². The molecule has 0 unspecified atom stereocenters. The van der Waals surface area contributed by atoms with E-state index in [1.54, 1.807) is 12.3 Å². The zero-order chi connectivity index (χ0) is 9.68. The highest BCUT2D eigenvalue weighted by Crippen LogP contribution is 2.16. The number of aromatic nitrogens is 1. The fourth-order valence-corrected chi connectivity index (χ4v) is 1.30. The van der Waals surface area contributed by atoms with Crippen molar-refractivity contribution in [1.29, 1.82) is 0 Å². The number of alkyl halides is 1. The van der Waals surface area contributed by atoms with Crippen LogP contribution in [0.5, 0.6) is 0 Å². The maximum absolute atomic E-state index is 5.72. The van der Waals surface area contributed by atoms with Gasteiger partial charge in [-0.1, -0.05) is 39.7 Å². The Morgan fingerprint density at radius 3 is 3.00 bits per heavy atom. The van der Waals surface area contributed by atoms with Crippen molar-refractivity contribution in [3.63, 3.8) is 0 Å². The minimum Gasteiger partial charge on any atom is -0.398 e. The SMILES string of the molecule is Nc1cc(Cl)ncc1C=CCCBr. The first-order chi connectivity index (χ1) is 6.24. The number of allylic oxidation sites excluding steroid dienone is 1. The van der Waals surface area contributed by atoms with Crippen molar-refractivity contribution < 1.29 is 0 Å². The van der Waals surface area contributed by atoms with Crippen LogP contribution in [0, 0.1) is 0 Å². The van der Waals surface area contributed by atoms with Gasteiger partial charge in [-0.25, -0.2) is 4.98 Å². The highest BCUT2D eigenvalue weighted by Gasteiger charge is 1.96. The van der Waals surface area contributed by atoms with E-state index in [1.165, 1.54) is 0 Å². The summed E-state index contributed by atoms with van der Waals surface area (Å²) in [5, 5.41) is 1.37. The number of halogens is 2. The Hall–Kier alpha value is -0.540. The smallest absolute Gasteiger partial charge is 0.131 e. The van der Waals surface area contributed by atoms with E-state index in [0.29, 0.717) is 10.8 Å². The molecule has 1 rings (SSSR count). The predicted octanol–water partition coefficient (Wildman–Crippen LogP) is 3.12. The quantitative estimate of drug-likeness (QED) is 0.671. The van der Waals surface area contributed by atoms with Crippen LogP contribution in [0.2, 0.25) is 5.15 Å². The molecule has 1 aromatic heterocycles. The van der Waals surface area contributed by atoms with Gasteiger partial charge in [-0.3, -0.25) is 0 Å². The molecule has 0 spiro atoms. The fourth-order valence-electron chi connectivity index (χ4n) is 0.867. The first-order valence-corrected chi connectivity index (χ1v) is 5.37. The molecule has 0 aliphatic rings. The Morgan fingerprint density at radius 1 is 1.62 bits per heavy atom. The lowest BCUT2D eigenvalue weighted by Crippen LogP contribution is -1.90. The molecule has 0 aliphatic heterocycles. The second-order valence-electron chi connectivity index (χ2n) is 2.52. The first-order valence-electron chi connectivity index (χ1n) is 3.87. The van der Waals surface area contributed by atoms with Crippen molar-refractivity contribution in [2.24, 2.45) is 0 Å². The monoisotopic (exact) mass is 260 g/mol. The number of nitrogens with two attached hydrogens (primary N) is 1. The molecular weight excluding hydrogens is 251 g/mol. The van der Waals surface area contributed by atoms with E-state index in [1.807, 2.05) is 12.2 Å². The van der Waals surface area contributed by atoms with Crippen LogP contribution in [0.15, 0.2) is 18.3 Å². The summed E-state index contributed by atoms with van der Waals surface area (Å²) in [4.78, 5) is 3.94. The number of anilines is 1. The molecule has 70 valence electrons. The molecule has 0 bridgehead atoms. The zero-order valence-electron chi connectivity index (χ0n) is 7.00. The summed E-state index contributed by atoms with van der Waals surface area (Å²) in [5.74, 6) is 0. The maximum atomic E-state index is 5.72. The topological polar surface area (TPSA) is 38.9 Å². The lowest BCUT2D eigenvalue weighted by molar-refractivity contribution is 1.26. The molecule has 0 radical (unpaired) electrons. The minimum absolute atomic E-state index is 0.426. The molecule has 0 aliphatic carbocycles. The van der Waals surface area contributed by atoms with Gasteiger partial charge in [0.2, 0.25) is 0 Å². The Kier molecular flexibility index (Phi) is 4.25. The fraction of sp³-hybridized carbons (Fsp3) is 0.222. The van der Waals surface area contributed by atoms with Crippen molar-refractivity contribution in [2.45, 2.75) is 6.42 Å². The van der Waals surface area contributed by atoms with Crippen LogP contribution in [0.4, 0.5) is 5.69 Å². The Labute approximate surface area is 90.9 Å². The molecule has 4 heteroatoms. The van der Waals surface area contributed by atoms with Crippen LogP contribution in [-0.2, 0) is 0 Å². The summed E-state index contributed by atoms with van der Waals surface area (Å²) < 4.78 is 0. The van der Waals surface area contributed by atoms with Crippen molar-refractivity contribution in [3.8, 4) is 0 Å². The Balaban J connectivity index is 2.77. The lowest BCUT2D eigenvalue weighted by atomic mass is 10.2. The van der Waals surface area contributed by atoms with Crippen LogP contribution in [0.1, 0.15) is 12.0 Å². The van der Waals surface area contributed by atoms with Crippen LogP contribution in [0.25, 0.3) is 6.08 Å². The van der Waals surface area contributed by atoms with Crippen molar-refractivity contribution >= 4 is 39.3 Å².